The second-order valence-corrected chi connectivity index (χ2v) is 6.41. The van der Waals surface area contributed by atoms with Gasteiger partial charge in [-0.2, -0.15) is 0 Å². The van der Waals surface area contributed by atoms with Crippen molar-refractivity contribution in [3.05, 3.63) is 54.1 Å². The van der Waals surface area contributed by atoms with Gasteiger partial charge in [0.05, 0.1) is 16.0 Å². The van der Waals surface area contributed by atoms with Crippen molar-refractivity contribution >= 4 is 23.4 Å². The molecule has 1 atom stereocenters. The lowest BCUT2D eigenvalue weighted by atomic mass is 10.2. The van der Waals surface area contributed by atoms with Crippen molar-refractivity contribution in [3.63, 3.8) is 0 Å². The van der Waals surface area contributed by atoms with Crippen LogP contribution in [-0.2, 0) is 0 Å². The van der Waals surface area contributed by atoms with E-state index in [2.05, 4.69) is 10.2 Å². The second kappa shape index (κ2) is 6.32. The normalized spacial score (nSPS) is 16.4. The first-order valence-corrected chi connectivity index (χ1v) is 8.09. The Bertz CT molecular complexity index is 676. The summed E-state index contributed by atoms with van der Waals surface area (Å²) in [6.45, 7) is 0.602. The second-order valence-electron chi connectivity index (χ2n) is 5.22. The van der Waals surface area contributed by atoms with E-state index < -0.39 is 0 Å². The summed E-state index contributed by atoms with van der Waals surface area (Å²) in [6.07, 6.45) is 0.813. The van der Waals surface area contributed by atoms with Gasteiger partial charge in [0, 0.05) is 19.2 Å². The molecule has 0 spiro atoms. The molecule has 1 heterocycles. The molecule has 0 aromatic heterocycles. The highest BCUT2D eigenvalue weighted by atomic mass is 32.2. The molecule has 2 aromatic rings. The largest absolute Gasteiger partial charge is 0.507 e. The Balaban J connectivity index is 1.56. The molecule has 0 saturated carbocycles. The fraction of sp³-hybridized carbons (Fsp3) is 0.235. The van der Waals surface area contributed by atoms with E-state index in [1.54, 1.807) is 30.0 Å². The summed E-state index contributed by atoms with van der Waals surface area (Å²) in [4.78, 5) is 15.1. The molecule has 1 unspecified atom stereocenters. The Kier molecular flexibility index (Phi) is 4.24. The van der Waals surface area contributed by atoms with E-state index in [-0.39, 0.29) is 11.3 Å². The molecule has 0 aliphatic carbocycles. The van der Waals surface area contributed by atoms with E-state index in [0.717, 1.165) is 17.0 Å². The highest BCUT2D eigenvalue weighted by Gasteiger charge is 2.29. The molecule has 5 heteroatoms. The number of nitrogens with one attached hydrogen (secondary N) is 1. The fourth-order valence-corrected chi connectivity index (χ4v) is 3.84. The van der Waals surface area contributed by atoms with E-state index in [4.69, 9.17) is 0 Å². The third-order valence-electron chi connectivity index (χ3n) is 3.75. The van der Waals surface area contributed by atoms with Crippen molar-refractivity contribution in [2.75, 3.05) is 18.5 Å². The maximum Gasteiger partial charge on any atom is 0.251 e. The molecule has 0 radical (unpaired) electrons. The monoisotopic (exact) mass is 314 g/mol. The topological polar surface area (TPSA) is 52.6 Å². The van der Waals surface area contributed by atoms with E-state index in [1.165, 1.54) is 0 Å². The van der Waals surface area contributed by atoms with Gasteiger partial charge in [-0.25, -0.2) is 0 Å². The van der Waals surface area contributed by atoms with Crippen molar-refractivity contribution in [1.82, 2.24) is 5.32 Å². The van der Waals surface area contributed by atoms with Crippen LogP contribution >= 0.6 is 11.8 Å². The van der Waals surface area contributed by atoms with Gasteiger partial charge in [0.1, 0.15) is 5.75 Å². The lowest BCUT2D eigenvalue weighted by Gasteiger charge is -2.21. The van der Waals surface area contributed by atoms with Crippen LogP contribution in [0, 0.1) is 0 Å². The standard InChI is InChI=1S/C17H18N2O2S/c1-19-13-8-5-9-14(20)16(13)22-15(19)10-11-18-17(21)12-6-3-2-4-7-12/h2-9,15,20H,10-11H2,1H3,(H,18,21). The van der Waals surface area contributed by atoms with E-state index in [0.29, 0.717) is 17.9 Å². The Hall–Kier alpha value is -2.14. The van der Waals surface area contributed by atoms with Crippen LogP contribution in [0.1, 0.15) is 16.8 Å². The summed E-state index contributed by atoms with van der Waals surface area (Å²) in [6, 6.07) is 14.8. The number of phenolic OH excluding ortho intramolecular Hbond substituents is 1. The molecular weight excluding hydrogens is 296 g/mol. The fourth-order valence-electron chi connectivity index (χ4n) is 2.54. The number of thioether (sulfide) groups is 1. The van der Waals surface area contributed by atoms with Crippen LogP contribution in [0.4, 0.5) is 5.69 Å². The number of anilines is 1. The number of benzene rings is 2. The Labute approximate surface area is 134 Å². The van der Waals surface area contributed by atoms with Gasteiger partial charge in [-0.1, -0.05) is 36.0 Å². The Morgan fingerprint density at radius 3 is 2.73 bits per heavy atom. The summed E-state index contributed by atoms with van der Waals surface area (Å²) in [7, 11) is 2.02. The number of aromatic hydroxyl groups is 1. The summed E-state index contributed by atoms with van der Waals surface area (Å²) >= 11 is 1.64. The predicted octanol–water partition coefficient (Wildman–Crippen LogP) is 3.08. The third-order valence-corrected chi connectivity index (χ3v) is 5.23. The van der Waals surface area contributed by atoms with E-state index >= 15 is 0 Å². The van der Waals surface area contributed by atoms with Gasteiger partial charge in [-0.15, -0.1) is 0 Å². The quantitative estimate of drug-likeness (QED) is 0.910. The van der Waals surface area contributed by atoms with Crippen molar-refractivity contribution in [2.24, 2.45) is 0 Å². The van der Waals surface area contributed by atoms with Gasteiger partial charge in [-0.3, -0.25) is 4.79 Å². The molecule has 0 fully saturated rings. The van der Waals surface area contributed by atoms with Gasteiger partial charge in [0.2, 0.25) is 0 Å². The minimum absolute atomic E-state index is 0.0494. The lowest BCUT2D eigenvalue weighted by molar-refractivity contribution is 0.0953. The van der Waals surface area contributed by atoms with Crippen molar-refractivity contribution in [3.8, 4) is 5.75 Å². The molecule has 1 aliphatic rings. The zero-order valence-electron chi connectivity index (χ0n) is 12.3. The smallest absolute Gasteiger partial charge is 0.251 e. The van der Waals surface area contributed by atoms with Gasteiger partial charge in [0.15, 0.2) is 0 Å². The third kappa shape index (κ3) is 2.90. The summed E-state index contributed by atoms with van der Waals surface area (Å²) < 4.78 is 0. The molecule has 1 aliphatic heterocycles. The van der Waals surface area contributed by atoms with Crippen LogP contribution in [0.25, 0.3) is 0 Å². The number of amides is 1. The molecule has 2 aromatic carbocycles. The van der Waals surface area contributed by atoms with Gasteiger partial charge < -0.3 is 15.3 Å². The average Bonchev–Trinajstić information content (AvgIpc) is 2.86. The van der Waals surface area contributed by atoms with Crippen LogP contribution in [0.3, 0.4) is 0 Å². The highest BCUT2D eigenvalue weighted by molar-refractivity contribution is 8.00. The molecule has 114 valence electrons. The van der Waals surface area contributed by atoms with E-state index in [1.807, 2.05) is 37.4 Å². The molecule has 22 heavy (non-hydrogen) atoms. The van der Waals surface area contributed by atoms with Crippen molar-refractivity contribution < 1.29 is 9.90 Å². The van der Waals surface area contributed by atoms with Crippen LogP contribution in [0.2, 0.25) is 0 Å². The average molecular weight is 314 g/mol. The first-order chi connectivity index (χ1) is 10.7. The lowest BCUT2D eigenvalue weighted by Crippen LogP contribution is -2.31. The SMILES string of the molecule is CN1c2cccc(O)c2SC1CCNC(=O)c1ccccc1. The predicted molar refractivity (Wildman–Crippen MR) is 89.5 cm³/mol. The number of hydrogen-bond acceptors (Lipinski definition) is 4. The number of carbonyl (C=O) groups excluding carboxylic acids is 1. The molecule has 0 bridgehead atoms. The van der Waals surface area contributed by atoms with E-state index in [9.17, 15) is 9.90 Å². The molecule has 4 nitrogen and oxygen atoms in total. The van der Waals surface area contributed by atoms with Gasteiger partial charge in [-0.05, 0) is 30.7 Å². The van der Waals surface area contributed by atoms with Crippen LogP contribution in [0.15, 0.2) is 53.4 Å². The first kappa shape index (κ1) is 14.8. The summed E-state index contributed by atoms with van der Waals surface area (Å²) in [5.41, 5.74) is 1.72. The number of phenols is 1. The first-order valence-electron chi connectivity index (χ1n) is 7.21. The van der Waals surface area contributed by atoms with Crippen molar-refractivity contribution in [1.29, 1.82) is 0 Å². The van der Waals surface area contributed by atoms with Crippen LogP contribution < -0.4 is 10.2 Å². The molecular formula is C17H18N2O2S. The summed E-state index contributed by atoms with van der Waals surface area (Å²) in [5, 5.41) is 13.1. The number of carbonyl (C=O) groups is 1. The molecule has 3 rings (SSSR count). The maximum absolute atomic E-state index is 12.0. The molecule has 0 saturated heterocycles. The van der Waals surface area contributed by atoms with Gasteiger partial charge >= 0.3 is 0 Å². The molecule has 2 N–H and O–H groups in total. The minimum atomic E-state index is -0.0494. The number of fused-ring (bicyclic) bond motifs is 1. The van der Waals surface area contributed by atoms with Crippen molar-refractivity contribution in [2.45, 2.75) is 16.7 Å². The number of nitrogens with zero attached hydrogens (tertiary/aromatic N) is 1. The van der Waals surface area contributed by atoms with Gasteiger partial charge in [0.25, 0.3) is 5.91 Å². The Morgan fingerprint density at radius 2 is 2.00 bits per heavy atom. The maximum atomic E-state index is 12.0. The minimum Gasteiger partial charge on any atom is -0.507 e. The summed E-state index contributed by atoms with van der Waals surface area (Å²) in [5.74, 6) is 0.275. The zero-order chi connectivity index (χ0) is 15.5. The Morgan fingerprint density at radius 1 is 1.23 bits per heavy atom. The van der Waals surface area contributed by atoms with Crippen LogP contribution in [-0.4, -0.2) is 30.0 Å². The van der Waals surface area contributed by atoms with Crippen LogP contribution in [0.5, 0.6) is 5.75 Å². The zero-order valence-corrected chi connectivity index (χ0v) is 13.1. The number of rotatable bonds is 4. The molecule has 1 amide bonds. The number of hydrogen-bond donors (Lipinski definition) is 2. The highest BCUT2D eigenvalue weighted by Crippen LogP contribution is 2.47.